The fourth-order valence-corrected chi connectivity index (χ4v) is 2.51. The summed E-state index contributed by atoms with van der Waals surface area (Å²) in [5.41, 5.74) is 0.876. The van der Waals surface area contributed by atoms with E-state index in [9.17, 15) is 23.3 Å². The van der Waals surface area contributed by atoms with Crippen molar-refractivity contribution in [2.75, 3.05) is 6.26 Å². The zero-order chi connectivity index (χ0) is 15.6. The summed E-state index contributed by atoms with van der Waals surface area (Å²) in [6.07, 6.45) is 1.53. The molecule has 2 aromatic carbocycles. The van der Waals surface area contributed by atoms with Crippen molar-refractivity contribution in [3.8, 4) is 11.1 Å². The van der Waals surface area contributed by atoms with Gasteiger partial charge in [0.15, 0.2) is 16.1 Å². The Kier molecular flexibility index (Phi) is 3.86. The Morgan fingerprint density at radius 1 is 1.05 bits per heavy atom. The summed E-state index contributed by atoms with van der Waals surface area (Å²) in [6.45, 7) is 0. The summed E-state index contributed by atoms with van der Waals surface area (Å²) < 4.78 is 22.8. The van der Waals surface area contributed by atoms with Crippen LogP contribution in [0.2, 0.25) is 0 Å². The van der Waals surface area contributed by atoms with Crippen LogP contribution >= 0.6 is 0 Å². The molecule has 0 atom stereocenters. The van der Waals surface area contributed by atoms with Gasteiger partial charge >= 0.3 is 0 Å². The van der Waals surface area contributed by atoms with Crippen LogP contribution < -0.4 is 0 Å². The number of rotatable bonds is 4. The van der Waals surface area contributed by atoms with Gasteiger partial charge < -0.3 is 0 Å². The first-order chi connectivity index (χ1) is 9.82. The lowest BCUT2D eigenvalue weighted by Gasteiger charge is -2.04. The smallest absolute Gasteiger partial charge is 0.280 e. The number of benzene rings is 2. The second-order valence-corrected chi connectivity index (χ2v) is 6.46. The lowest BCUT2D eigenvalue weighted by Crippen LogP contribution is -1.97. The van der Waals surface area contributed by atoms with Crippen molar-refractivity contribution in [2.45, 2.75) is 4.90 Å². The first-order valence-corrected chi connectivity index (χ1v) is 7.76. The van der Waals surface area contributed by atoms with E-state index >= 15 is 0 Å². The molecule has 21 heavy (non-hydrogen) atoms. The molecule has 0 N–H and O–H groups in total. The van der Waals surface area contributed by atoms with Crippen LogP contribution in [0.1, 0.15) is 10.4 Å². The predicted molar refractivity (Wildman–Crippen MR) is 77.0 cm³/mol. The molecule has 0 heterocycles. The Labute approximate surface area is 121 Å². The lowest BCUT2D eigenvalue weighted by atomic mass is 10.0. The molecule has 0 aliphatic rings. The van der Waals surface area contributed by atoms with Crippen molar-refractivity contribution < 1.29 is 18.1 Å². The minimum atomic E-state index is -3.29. The minimum Gasteiger partial charge on any atom is -0.298 e. The molecule has 0 bridgehead atoms. The highest BCUT2D eigenvalue weighted by atomic mass is 32.2. The topological polar surface area (TPSA) is 94.3 Å². The Morgan fingerprint density at radius 2 is 1.62 bits per heavy atom. The number of aldehydes is 1. The summed E-state index contributed by atoms with van der Waals surface area (Å²) in [5.74, 6) is 0. The number of sulfone groups is 1. The van der Waals surface area contributed by atoms with Gasteiger partial charge in [-0.1, -0.05) is 18.2 Å². The van der Waals surface area contributed by atoms with Crippen molar-refractivity contribution in [3.63, 3.8) is 0 Å². The van der Waals surface area contributed by atoms with E-state index in [0.717, 1.165) is 6.26 Å². The van der Waals surface area contributed by atoms with Crippen molar-refractivity contribution in [1.29, 1.82) is 0 Å². The molecule has 0 spiro atoms. The molecule has 0 saturated heterocycles. The molecular weight excluding hydrogens is 294 g/mol. The van der Waals surface area contributed by atoms with Gasteiger partial charge in [-0.15, -0.1) is 0 Å². The van der Waals surface area contributed by atoms with Gasteiger partial charge in [0.1, 0.15) is 0 Å². The average Bonchev–Trinajstić information content (AvgIpc) is 2.45. The van der Waals surface area contributed by atoms with Crippen LogP contribution in [0.5, 0.6) is 0 Å². The number of nitro benzene ring substituents is 1. The molecule has 7 heteroatoms. The zero-order valence-electron chi connectivity index (χ0n) is 11.0. The predicted octanol–water partition coefficient (Wildman–Crippen LogP) is 2.48. The molecule has 0 aromatic heterocycles. The Balaban J connectivity index is 2.50. The highest BCUT2D eigenvalue weighted by Gasteiger charge is 2.15. The maximum absolute atomic E-state index is 11.4. The number of hydrogen-bond acceptors (Lipinski definition) is 5. The second-order valence-electron chi connectivity index (χ2n) is 4.45. The van der Waals surface area contributed by atoms with Gasteiger partial charge in [-0.05, 0) is 29.3 Å². The number of carbonyl (C=O) groups excluding carboxylic acids is 1. The number of nitro groups is 1. The van der Waals surface area contributed by atoms with Gasteiger partial charge in [0.2, 0.25) is 0 Å². The van der Waals surface area contributed by atoms with E-state index in [1.54, 1.807) is 18.2 Å². The third-order valence-corrected chi connectivity index (χ3v) is 4.10. The normalized spacial score (nSPS) is 11.1. The van der Waals surface area contributed by atoms with Gasteiger partial charge in [-0.2, -0.15) is 0 Å². The maximum atomic E-state index is 11.4. The van der Waals surface area contributed by atoms with Crippen LogP contribution in [0, 0.1) is 10.1 Å². The summed E-state index contributed by atoms with van der Waals surface area (Å²) in [6, 6.07) is 10.2. The van der Waals surface area contributed by atoms with E-state index in [1.807, 2.05) is 0 Å². The molecule has 0 amide bonds. The molecule has 6 nitrogen and oxygen atoms in total. The Bertz CT molecular complexity index is 810. The molecule has 0 unspecified atom stereocenters. The minimum absolute atomic E-state index is 0.00324. The van der Waals surface area contributed by atoms with E-state index < -0.39 is 14.8 Å². The van der Waals surface area contributed by atoms with Gasteiger partial charge in [0.25, 0.3) is 5.69 Å². The monoisotopic (exact) mass is 305 g/mol. The van der Waals surface area contributed by atoms with Crippen molar-refractivity contribution >= 4 is 21.8 Å². The largest absolute Gasteiger partial charge is 0.298 e. The number of carbonyl (C=O) groups is 1. The zero-order valence-corrected chi connectivity index (χ0v) is 11.8. The fraction of sp³-hybridized carbons (Fsp3) is 0.0714. The summed E-state index contributed by atoms with van der Waals surface area (Å²) in [7, 11) is -3.29. The van der Waals surface area contributed by atoms with E-state index in [0.29, 0.717) is 17.4 Å². The summed E-state index contributed by atoms with van der Waals surface area (Å²) >= 11 is 0. The van der Waals surface area contributed by atoms with Crippen LogP contribution in [0.15, 0.2) is 47.4 Å². The molecule has 0 saturated carbocycles. The highest BCUT2D eigenvalue weighted by molar-refractivity contribution is 7.90. The van der Waals surface area contributed by atoms with Gasteiger partial charge in [0, 0.05) is 12.3 Å². The molecular formula is C14H11NO5S. The molecule has 0 aliphatic carbocycles. The van der Waals surface area contributed by atoms with Gasteiger partial charge in [-0.25, -0.2) is 8.42 Å². The lowest BCUT2D eigenvalue weighted by molar-refractivity contribution is -0.385. The Hall–Kier alpha value is -2.54. The maximum Gasteiger partial charge on any atom is 0.280 e. The van der Waals surface area contributed by atoms with Gasteiger partial charge in [0.05, 0.1) is 15.4 Å². The molecule has 0 aliphatic heterocycles. The standard InChI is InChI=1S/C14H11NO5S/c1-21(19,20)13-6-4-10(5-7-13)11-2-3-12(9-16)14(8-11)15(17)18/h2-9H,1H3. The molecule has 0 fully saturated rings. The second kappa shape index (κ2) is 5.45. The van der Waals surface area contributed by atoms with Gasteiger partial charge in [-0.3, -0.25) is 14.9 Å². The van der Waals surface area contributed by atoms with Crippen molar-refractivity contribution in [1.82, 2.24) is 0 Å². The van der Waals surface area contributed by atoms with E-state index in [2.05, 4.69) is 0 Å². The van der Waals surface area contributed by atoms with Crippen LogP contribution in [0.3, 0.4) is 0 Å². The van der Waals surface area contributed by atoms with E-state index in [-0.39, 0.29) is 16.1 Å². The SMILES string of the molecule is CS(=O)(=O)c1ccc(-c2ccc(C=O)c([N+](=O)[O-])c2)cc1. The number of hydrogen-bond donors (Lipinski definition) is 0. The van der Waals surface area contributed by atoms with Crippen molar-refractivity contribution in [3.05, 3.63) is 58.1 Å². The first-order valence-electron chi connectivity index (χ1n) is 5.87. The van der Waals surface area contributed by atoms with Crippen LogP contribution in [-0.4, -0.2) is 25.9 Å². The quantitative estimate of drug-likeness (QED) is 0.491. The van der Waals surface area contributed by atoms with Crippen LogP contribution in [0.4, 0.5) is 5.69 Å². The molecule has 0 radical (unpaired) electrons. The summed E-state index contributed by atoms with van der Waals surface area (Å²) in [4.78, 5) is 21.2. The van der Waals surface area contributed by atoms with Crippen LogP contribution in [-0.2, 0) is 9.84 Å². The number of nitrogens with zero attached hydrogens (tertiary/aromatic N) is 1. The highest BCUT2D eigenvalue weighted by Crippen LogP contribution is 2.27. The van der Waals surface area contributed by atoms with E-state index in [4.69, 9.17) is 0 Å². The molecule has 108 valence electrons. The third-order valence-electron chi connectivity index (χ3n) is 2.97. The van der Waals surface area contributed by atoms with Crippen molar-refractivity contribution in [2.24, 2.45) is 0 Å². The van der Waals surface area contributed by atoms with Crippen LogP contribution in [0.25, 0.3) is 11.1 Å². The average molecular weight is 305 g/mol. The van der Waals surface area contributed by atoms with E-state index in [1.165, 1.54) is 24.3 Å². The summed E-state index contributed by atoms with van der Waals surface area (Å²) in [5, 5.41) is 10.9. The molecule has 2 aromatic rings. The fourth-order valence-electron chi connectivity index (χ4n) is 1.88. The molecule has 2 rings (SSSR count). The first kappa shape index (κ1) is 14.9. The third kappa shape index (κ3) is 3.14. The Morgan fingerprint density at radius 3 is 2.10 bits per heavy atom.